The summed E-state index contributed by atoms with van der Waals surface area (Å²) in [6.45, 7) is 5.57. The maximum absolute atomic E-state index is 10.8. The Labute approximate surface area is 66.3 Å². The predicted octanol–water partition coefficient (Wildman–Crippen LogP) is 1.41. The van der Waals surface area contributed by atoms with Crippen LogP contribution < -0.4 is 0 Å². The van der Waals surface area contributed by atoms with Gasteiger partial charge in [-0.2, -0.15) is 5.26 Å². The Balaban J connectivity index is 3.67. The molecule has 0 saturated heterocycles. The molecular formula is C8H11NO2. The van der Waals surface area contributed by atoms with E-state index in [-0.39, 0.29) is 0 Å². The summed E-state index contributed by atoms with van der Waals surface area (Å²) in [5.41, 5.74) is 0.369. The first-order chi connectivity index (χ1) is 5.22. The van der Waals surface area contributed by atoms with Crippen molar-refractivity contribution in [3.8, 4) is 6.07 Å². The first-order valence-electron chi connectivity index (χ1n) is 3.44. The molecule has 60 valence electrons. The number of esters is 1. The molecule has 0 aliphatic rings. The molecule has 0 fully saturated rings. The Morgan fingerprint density at radius 2 is 2.36 bits per heavy atom. The highest BCUT2D eigenvalue weighted by atomic mass is 16.5. The zero-order valence-corrected chi connectivity index (χ0v) is 6.59. The van der Waals surface area contributed by atoms with Crippen molar-refractivity contribution in [3.63, 3.8) is 0 Å². The molecule has 0 amide bonds. The maximum atomic E-state index is 10.8. The Morgan fingerprint density at radius 3 is 2.82 bits per heavy atom. The molecule has 0 atom stereocenters. The van der Waals surface area contributed by atoms with Crippen LogP contribution in [0, 0.1) is 11.3 Å². The highest BCUT2D eigenvalue weighted by Gasteiger charge is 2.05. The lowest BCUT2D eigenvalue weighted by Gasteiger charge is -2.01. The Bertz CT molecular complexity index is 191. The smallest absolute Gasteiger partial charge is 0.333 e. The summed E-state index contributed by atoms with van der Waals surface area (Å²) in [5, 5.41) is 8.18. The normalized spacial score (nSPS) is 8.36. The molecule has 0 aromatic carbocycles. The number of nitriles is 1. The first-order valence-corrected chi connectivity index (χ1v) is 3.44. The summed E-state index contributed by atoms with van der Waals surface area (Å²) in [6, 6.07) is 1.93. The minimum atomic E-state index is -0.400. The van der Waals surface area contributed by atoms with Crippen LogP contribution in [0.25, 0.3) is 0 Å². The number of hydrogen-bond acceptors (Lipinski definition) is 3. The lowest BCUT2D eigenvalue weighted by molar-refractivity contribution is -0.138. The monoisotopic (exact) mass is 153 g/mol. The van der Waals surface area contributed by atoms with Crippen LogP contribution in [0.4, 0.5) is 0 Å². The molecule has 0 aliphatic carbocycles. The molecule has 0 N–H and O–H groups in total. The quantitative estimate of drug-likeness (QED) is 0.453. The molecule has 0 aromatic rings. The fraction of sp³-hybridized carbons (Fsp3) is 0.500. The van der Waals surface area contributed by atoms with Gasteiger partial charge in [0.25, 0.3) is 0 Å². The third-order valence-electron chi connectivity index (χ3n) is 1.10. The number of rotatable bonds is 4. The molecule has 0 rings (SSSR count). The molecule has 3 nitrogen and oxygen atoms in total. The zero-order valence-electron chi connectivity index (χ0n) is 6.59. The minimum Gasteiger partial charge on any atom is -0.463 e. The van der Waals surface area contributed by atoms with Gasteiger partial charge in [0.1, 0.15) is 0 Å². The SMILES string of the molecule is C=C(CCC#N)C(=O)OCC. The third kappa shape index (κ3) is 4.15. The summed E-state index contributed by atoms with van der Waals surface area (Å²) >= 11 is 0. The van der Waals surface area contributed by atoms with Crippen LogP contribution in [0.1, 0.15) is 19.8 Å². The predicted molar refractivity (Wildman–Crippen MR) is 40.6 cm³/mol. The van der Waals surface area contributed by atoms with E-state index in [0.29, 0.717) is 25.0 Å². The first kappa shape index (κ1) is 9.70. The number of nitrogens with zero attached hydrogens (tertiary/aromatic N) is 1. The van der Waals surface area contributed by atoms with Crippen molar-refractivity contribution < 1.29 is 9.53 Å². The van der Waals surface area contributed by atoms with Gasteiger partial charge in [-0.1, -0.05) is 6.58 Å². The second-order valence-electron chi connectivity index (χ2n) is 1.98. The van der Waals surface area contributed by atoms with Crippen molar-refractivity contribution in [2.45, 2.75) is 19.8 Å². The van der Waals surface area contributed by atoms with Crippen LogP contribution >= 0.6 is 0 Å². The zero-order chi connectivity index (χ0) is 8.69. The second-order valence-corrected chi connectivity index (χ2v) is 1.98. The van der Waals surface area contributed by atoms with E-state index in [1.54, 1.807) is 6.92 Å². The van der Waals surface area contributed by atoms with Gasteiger partial charge < -0.3 is 4.74 Å². The Morgan fingerprint density at radius 1 is 1.73 bits per heavy atom. The van der Waals surface area contributed by atoms with Crippen LogP contribution in [0.15, 0.2) is 12.2 Å². The van der Waals surface area contributed by atoms with Gasteiger partial charge in [0.05, 0.1) is 12.7 Å². The van der Waals surface area contributed by atoms with Crippen molar-refractivity contribution in [1.29, 1.82) is 5.26 Å². The Hall–Kier alpha value is -1.30. The fourth-order valence-corrected chi connectivity index (χ4v) is 0.542. The molecule has 0 unspecified atom stereocenters. The van der Waals surface area contributed by atoms with E-state index in [4.69, 9.17) is 5.26 Å². The lowest BCUT2D eigenvalue weighted by atomic mass is 10.2. The summed E-state index contributed by atoms with van der Waals surface area (Å²) < 4.78 is 4.65. The molecule has 0 spiro atoms. The molecule has 0 radical (unpaired) electrons. The molecule has 0 aliphatic heterocycles. The summed E-state index contributed by atoms with van der Waals surface area (Å²) in [7, 11) is 0. The van der Waals surface area contributed by atoms with Gasteiger partial charge in [-0.25, -0.2) is 4.79 Å². The van der Waals surface area contributed by atoms with Gasteiger partial charge in [-0.15, -0.1) is 0 Å². The van der Waals surface area contributed by atoms with Crippen LogP contribution in [0.3, 0.4) is 0 Å². The lowest BCUT2D eigenvalue weighted by Crippen LogP contribution is -2.06. The molecular weight excluding hydrogens is 142 g/mol. The molecule has 0 bridgehead atoms. The third-order valence-corrected chi connectivity index (χ3v) is 1.10. The summed E-state index contributed by atoms with van der Waals surface area (Å²) in [6.07, 6.45) is 0.715. The molecule has 0 heterocycles. The van der Waals surface area contributed by atoms with E-state index < -0.39 is 5.97 Å². The highest BCUT2D eigenvalue weighted by Crippen LogP contribution is 2.03. The largest absolute Gasteiger partial charge is 0.463 e. The second kappa shape index (κ2) is 5.48. The topological polar surface area (TPSA) is 50.1 Å². The summed E-state index contributed by atoms with van der Waals surface area (Å²) in [4.78, 5) is 10.8. The molecule has 0 saturated carbocycles. The van der Waals surface area contributed by atoms with Gasteiger partial charge in [0, 0.05) is 12.0 Å². The maximum Gasteiger partial charge on any atom is 0.333 e. The number of carbonyl (C=O) groups is 1. The Kier molecular flexibility index (Phi) is 4.83. The van der Waals surface area contributed by atoms with Crippen molar-refractivity contribution in [1.82, 2.24) is 0 Å². The van der Waals surface area contributed by atoms with E-state index in [1.165, 1.54) is 0 Å². The number of hydrogen-bond donors (Lipinski definition) is 0. The van der Waals surface area contributed by atoms with Gasteiger partial charge in [-0.05, 0) is 13.3 Å². The van der Waals surface area contributed by atoms with Gasteiger partial charge in [0.2, 0.25) is 0 Å². The highest BCUT2D eigenvalue weighted by molar-refractivity contribution is 5.87. The minimum absolute atomic E-state index is 0.317. The van der Waals surface area contributed by atoms with Gasteiger partial charge in [-0.3, -0.25) is 0 Å². The standard InChI is InChI=1S/C8H11NO2/c1-3-11-8(10)7(2)5-4-6-9/h2-5H2,1H3. The van der Waals surface area contributed by atoms with Crippen molar-refractivity contribution in [2.24, 2.45) is 0 Å². The van der Waals surface area contributed by atoms with Crippen LogP contribution in [0.5, 0.6) is 0 Å². The van der Waals surface area contributed by atoms with Crippen molar-refractivity contribution in [3.05, 3.63) is 12.2 Å². The van der Waals surface area contributed by atoms with Crippen LogP contribution in [-0.2, 0) is 9.53 Å². The van der Waals surface area contributed by atoms with E-state index >= 15 is 0 Å². The number of ether oxygens (including phenoxy) is 1. The molecule has 11 heavy (non-hydrogen) atoms. The van der Waals surface area contributed by atoms with Crippen LogP contribution in [0.2, 0.25) is 0 Å². The van der Waals surface area contributed by atoms with E-state index in [1.807, 2.05) is 6.07 Å². The average Bonchev–Trinajstić information content (AvgIpc) is 2.00. The van der Waals surface area contributed by atoms with Gasteiger partial charge in [0.15, 0.2) is 0 Å². The average molecular weight is 153 g/mol. The summed E-state index contributed by atoms with van der Waals surface area (Å²) in [5.74, 6) is -0.400. The molecule has 3 heteroatoms. The van der Waals surface area contributed by atoms with E-state index in [0.717, 1.165) is 0 Å². The van der Waals surface area contributed by atoms with Crippen molar-refractivity contribution >= 4 is 5.97 Å². The fourth-order valence-electron chi connectivity index (χ4n) is 0.542. The van der Waals surface area contributed by atoms with Crippen LogP contribution in [-0.4, -0.2) is 12.6 Å². The van der Waals surface area contributed by atoms with E-state index in [2.05, 4.69) is 11.3 Å². The molecule has 0 aromatic heterocycles. The van der Waals surface area contributed by atoms with E-state index in [9.17, 15) is 4.79 Å². The van der Waals surface area contributed by atoms with Crippen molar-refractivity contribution in [2.75, 3.05) is 6.61 Å². The van der Waals surface area contributed by atoms with Gasteiger partial charge >= 0.3 is 5.97 Å². The number of carbonyl (C=O) groups excluding carboxylic acids is 1.